The summed E-state index contributed by atoms with van der Waals surface area (Å²) in [5, 5.41) is 10.2. The normalized spacial score (nSPS) is 21.0. The Kier molecular flexibility index (Phi) is 8.28. The number of hydrogen-bond acceptors (Lipinski definition) is 3. The standard InChI is InChI=1S/C28H36F2O3/c1-5-19(26-16-24(31)17-27(32)33-26)15-25(18(3)4)28(6-2,20-7-11-22(29)12-8-20)21-9-13-23(30)14-10-21/h7-14,18-19,24-26,31H,5-6,15-17H2,1-4H3. The van der Waals surface area contributed by atoms with E-state index in [2.05, 4.69) is 27.7 Å². The lowest BCUT2D eigenvalue weighted by Gasteiger charge is -2.46. The van der Waals surface area contributed by atoms with Gasteiger partial charge in [0.15, 0.2) is 0 Å². The van der Waals surface area contributed by atoms with Gasteiger partial charge in [0.2, 0.25) is 0 Å². The highest BCUT2D eigenvalue weighted by Crippen LogP contribution is 2.49. The predicted molar refractivity (Wildman–Crippen MR) is 126 cm³/mol. The first-order valence-corrected chi connectivity index (χ1v) is 12.1. The molecule has 0 amide bonds. The average Bonchev–Trinajstić information content (AvgIpc) is 2.77. The van der Waals surface area contributed by atoms with Crippen molar-refractivity contribution >= 4 is 5.97 Å². The number of halogens is 2. The molecule has 33 heavy (non-hydrogen) atoms. The van der Waals surface area contributed by atoms with Crippen LogP contribution < -0.4 is 0 Å². The lowest BCUT2D eigenvalue weighted by atomic mass is 9.58. The number of aliphatic hydroxyl groups is 1. The van der Waals surface area contributed by atoms with Crippen LogP contribution in [0, 0.1) is 29.4 Å². The summed E-state index contributed by atoms with van der Waals surface area (Å²) in [5.41, 5.74) is 1.51. The fourth-order valence-corrected chi connectivity index (χ4v) is 5.81. The molecule has 4 unspecified atom stereocenters. The molecule has 2 aromatic carbocycles. The van der Waals surface area contributed by atoms with Crippen molar-refractivity contribution in [3.8, 4) is 0 Å². The number of cyclic esters (lactones) is 1. The largest absolute Gasteiger partial charge is 0.462 e. The van der Waals surface area contributed by atoms with Crippen molar-refractivity contribution in [3.05, 3.63) is 71.3 Å². The highest BCUT2D eigenvalue weighted by atomic mass is 19.1. The molecule has 1 aliphatic rings. The molecular weight excluding hydrogens is 422 g/mol. The fourth-order valence-electron chi connectivity index (χ4n) is 5.81. The van der Waals surface area contributed by atoms with Crippen LogP contribution in [0.4, 0.5) is 8.78 Å². The Bertz CT molecular complexity index is 862. The number of rotatable bonds is 9. The molecule has 0 spiro atoms. The topological polar surface area (TPSA) is 46.5 Å². The molecule has 180 valence electrons. The fraction of sp³-hybridized carbons (Fsp3) is 0.536. The van der Waals surface area contributed by atoms with Crippen LogP contribution >= 0.6 is 0 Å². The van der Waals surface area contributed by atoms with E-state index >= 15 is 0 Å². The van der Waals surface area contributed by atoms with Crippen molar-refractivity contribution in [3.63, 3.8) is 0 Å². The van der Waals surface area contributed by atoms with Gasteiger partial charge in [-0.15, -0.1) is 0 Å². The smallest absolute Gasteiger partial charge is 0.308 e. The predicted octanol–water partition coefficient (Wildman–Crippen LogP) is 6.42. The van der Waals surface area contributed by atoms with Crippen molar-refractivity contribution in [2.24, 2.45) is 17.8 Å². The Morgan fingerprint density at radius 1 is 1.00 bits per heavy atom. The zero-order valence-electron chi connectivity index (χ0n) is 20.1. The zero-order chi connectivity index (χ0) is 24.2. The third-order valence-corrected chi connectivity index (χ3v) is 7.51. The minimum absolute atomic E-state index is 0.0462. The Balaban J connectivity index is 2.09. The van der Waals surface area contributed by atoms with E-state index in [4.69, 9.17) is 4.74 Å². The second-order valence-electron chi connectivity index (χ2n) is 9.72. The van der Waals surface area contributed by atoms with Crippen LogP contribution in [0.25, 0.3) is 0 Å². The first-order chi connectivity index (χ1) is 15.7. The van der Waals surface area contributed by atoms with Gasteiger partial charge in [0.05, 0.1) is 12.5 Å². The second kappa shape index (κ2) is 10.8. The minimum Gasteiger partial charge on any atom is -0.462 e. The Morgan fingerprint density at radius 3 is 1.91 bits per heavy atom. The van der Waals surface area contributed by atoms with Gasteiger partial charge in [0.25, 0.3) is 0 Å². The first-order valence-electron chi connectivity index (χ1n) is 12.1. The van der Waals surface area contributed by atoms with Crippen molar-refractivity contribution in [1.29, 1.82) is 0 Å². The summed E-state index contributed by atoms with van der Waals surface area (Å²) in [6.45, 7) is 8.56. The van der Waals surface area contributed by atoms with Crippen LogP contribution in [-0.4, -0.2) is 23.3 Å². The maximum absolute atomic E-state index is 13.9. The van der Waals surface area contributed by atoms with Gasteiger partial charge in [-0.2, -0.15) is 0 Å². The molecule has 3 rings (SSSR count). The number of carbonyl (C=O) groups is 1. The number of carbonyl (C=O) groups excluding carboxylic acids is 1. The third kappa shape index (κ3) is 5.46. The molecule has 0 bridgehead atoms. The molecule has 1 aliphatic heterocycles. The highest BCUT2D eigenvalue weighted by molar-refractivity contribution is 5.71. The number of benzene rings is 2. The van der Waals surface area contributed by atoms with E-state index in [-0.39, 0.29) is 47.9 Å². The first kappa shape index (κ1) is 25.4. The summed E-state index contributed by atoms with van der Waals surface area (Å²) in [6.07, 6.45) is 1.81. The van der Waals surface area contributed by atoms with E-state index in [1.807, 2.05) is 24.3 Å². The van der Waals surface area contributed by atoms with E-state index in [0.29, 0.717) is 6.42 Å². The number of aliphatic hydroxyl groups excluding tert-OH is 1. The Labute approximate surface area is 196 Å². The van der Waals surface area contributed by atoms with Crippen molar-refractivity contribution in [2.75, 3.05) is 0 Å². The SMILES string of the molecule is CCC(CC(C(C)C)C(CC)(c1ccc(F)cc1)c1ccc(F)cc1)C1CC(O)CC(=O)O1. The number of hydrogen-bond donors (Lipinski definition) is 1. The van der Waals surface area contributed by atoms with Crippen LogP contribution in [0.2, 0.25) is 0 Å². The molecule has 1 fully saturated rings. The van der Waals surface area contributed by atoms with E-state index in [1.54, 1.807) is 0 Å². The Hall–Kier alpha value is -2.27. The van der Waals surface area contributed by atoms with Gasteiger partial charge in [0.1, 0.15) is 17.7 Å². The molecule has 4 atom stereocenters. The lowest BCUT2D eigenvalue weighted by Crippen LogP contribution is -2.43. The molecule has 5 heteroatoms. The molecule has 1 N–H and O–H groups in total. The van der Waals surface area contributed by atoms with Gasteiger partial charge in [-0.05, 0) is 72.4 Å². The summed E-state index contributed by atoms with van der Waals surface area (Å²) in [7, 11) is 0. The molecule has 3 nitrogen and oxygen atoms in total. The van der Waals surface area contributed by atoms with Crippen molar-refractivity contribution < 1.29 is 23.4 Å². The van der Waals surface area contributed by atoms with Gasteiger partial charge in [-0.1, -0.05) is 52.0 Å². The molecule has 0 radical (unpaired) electrons. The van der Waals surface area contributed by atoms with Gasteiger partial charge in [-0.25, -0.2) is 8.78 Å². The maximum atomic E-state index is 13.9. The second-order valence-corrected chi connectivity index (χ2v) is 9.72. The van der Waals surface area contributed by atoms with Gasteiger partial charge < -0.3 is 9.84 Å². The molecule has 1 saturated heterocycles. The van der Waals surface area contributed by atoms with Gasteiger partial charge >= 0.3 is 5.97 Å². The summed E-state index contributed by atoms with van der Waals surface area (Å²) < 4.78 is 33.4. The van der Waals surface area contributed by atoms with Crippen LogP contribution in [0.1, 0.15) is 70.9 Å². The van der Waals surface area contributed by atoms with Crippen LogP contribution in [0.3, 0.4) is 0 Å². The van der Waals surface area contributed by atoms with Crippen LogP contribution in [-0.2, 0) is 14.9 Å². The summed E-state index contributed by atoms with van der Waals surface area (Å²) in [4.78, 5) is 12.0. The van der Waals surface area contributed by atoms with Crippen molar-refractivity contribution in [2.45, 2.75) is 77.4 Å². The van der Waals surface area contributed by atoms with Crippen LogP contribution in [0.15, 0.2) is 48.5 Å². The lowest BCUT2D eigenvalue weighted by molar-refractivity contribution is -0.165. The third-order valence-electron chi connectivity index (χ3n) is 7.51. The van der Waals surface area contributed by atoms with E-state index in [9.17, 15) is 18.7 Å². The number of ether oxygens (including phenoxy) is 1. The average molecular weight is 459 g/mol. The monoisotopic (exact) mass is 458 g/mol. The zero-order valence-corrected chi connectivity index (χ0v) is 20.1. The summed E-state index contributed by atoms with van der Waals surface area (Å²) in [5.74, 6) is -0.503. The maximum Gasteiger partial charge on any atom is 0.308 e. The minimum atomic E-state index is -0.673. The quantitative estimate of drug-likeness (QED) is 0.441. The Morgan fingerprint density at radius 2 is 1.52 bits per heavy atom. The summed E-state index contributed by atoms with van der Waals surface area (Å²) in [6, 6.07) is 13.3. The number of esters is 1. The molecule has 1 heterocycles. The molecule has 2 aromatic rings. The molecule has 0 saturated carbocycles. The van der Waals surface area contributed by atoms with E-state index < -0.39 is 11.5 Å². The summed E-state index contributed by atoms with van der Waals surface area (Å²) >= 11 is 0. The van der Waals surface area contributed by atoms with Gasteiger partial charge in [0, 0.05) is 11.8 Å². The van der Waals surface area contributed by atoms with Crippen LogP contribution in [0.5, 0.6) is 0 Å². The molecule has 0 aromatic heterocycles. The molecular formula is C28H36F2O3. The molecule has 0 aliphatic carbocycles. The van der Waals surface area contributed by atoms with Crippen molar-refractivity contribution in [1.82, 2.24) is 0 Å². The highest BCUT2D eigenvalue weighted by Gasteiger charge is 2.44. The van der Waals surface area contributed by atoms with E-state index in [0.717, 1.165) is 30.4 Å². The van der Waals surface area contributed by atoms with E-state index in [1.165, 1.54) is 24.3 Å². The van der Waals surface area contributed by atoms with Gasteiger partial charge in [-0.3, -0.25) is 4.79 Å².